The predicted molar refractivity (Wildman–Crippen MR) is 115 cm³/mol. The van der Waals surface area contributed by atoms with Crippen molar-refractivity contribution in [3.8, 4) is 11.5 Å². The molecule has 1 N–H and O–H groups in total. The molecule has 1 heterocycles. The number of halogens is 3. The minimum atomic E-state index is -3.99. The smallest absolute Gasteiger partial charge is 0.263 e. The molecule has 0 radical (unpaired) electrons. The average molecular weight is 492 g/mol. The molecular weight excluding hydrogens is 479 g/mol. The van der Waals surface area contributed by atoms with Crippen LogP contribution in [-0.4, -0.2) is 23.9 Å². The van der Waals surface area contributed by atoms with Crippen molar-refractivity contribution < 1.29 is 17.4 Å². The monoisotopic (exact) mass is 490 g/mol. The van der Waals surface area contributed by atoms with Gasteiger partial charge >= 0.3 is 0 Å². The van der Waals surface area contributed by atoms with Gasteiger partial charge in [-0.25, -0.2) is 8.42 Å². The molecule has 1 aromatic heterocycles. The van der Waals surface area contributed by atoms with Crippen molar-refractivity contribution in [1.82, 2.24) is 4.98 Å². The van der Waals surface area contributed by atoms with Crippen LogP contribution in [0, 0.1) is 0 Å². The molecule has 0 spiro atoms. The van der Waals surface area contributed by atoms with E-state index >= 15 is 0 Å². The molecule has 0 saturated carbocycles. The number of ether oxygens (including phenoxy) is 1. The Bertz CT molecular complexity index is 1200. The van der Waals surface area contributed by atoms with Crippen molar-refractivity contribution in [2.45, 2.75) is 9.79 Å². The molecule has 0 aliphatic carbocycles. The summed E-state index contributed by atoms with van der Waals surface area (Å²) in [6, 6.07) is 10.0. The number of hydrogen-bond acceptors (Lipinski definition) is 5. The van der Waals surface area contributed by atoms with E-state index in [1.807, 2.05) is 0 Å². The van der Waals surface area contributed by atoms with Crippen LogP contribution >= 0.6 is 34.8 Å². The zero-order valence-corrected chi connectivity index (χ0v) is 18.6. The molecule has 2 aromatic carbocycles. The fourth-order valence-electron chi connectivity index (χ4n) is 2.36. The van der Waals surface area contributed by atoms with Gasteiger partial charge in [-0.15, -0.1) is 0 Å². The lowest BCUT2D eigenvalue weighted by atomic mass is 10.3. The number of anilines is 1. The molecule has 3 rings (SSSR count). The third kappa shape index (κ3) is 5.40. The first-order valence-corrected chi connectivity index (χ1v) is 12.1. The van der Waals surface area contributed by atoms with Gasteiger partial charge in [-0.05, 0) is 36.4 Å². The summed E-state index contributed by atoms with van der Waals surface area (Å²) in [6.07, 6.45) is 4.35. The van der Waals surface area contributed by atoms with Gasteiger partial charge < -0.3 is 4.74 Å². The average Bonchev–Trinajstić information content (AvgIpc) is 2.62. The van der Waals surface area contributed by atoms with Gasteiger partial charge in [0.15, 0.2) is 0 Å². The van der Waals surface area contributed by atoms with Crippen LogP contribution in [0.25, 0.3) is 0 Å². The van der Waals surface area contributed by atoms with Crippen molar-refractivity contribution in [3.63, 3.8) is 0 Å². The summed E-state index contributed by atoms with van der Waals surface area (Å²) in [5, 5.41) is 0.679. The molecule has 1 atom stereocenters. The lowest BCUT2D eigenvalue weighted by Crippen LogP contribution is -2.13. The van der Waals surface area contributed by atoms with Crippen LogP contribution in [0.4, 0.5) is 5.69 Å². The highest BCUT2D eigenvalue weighted by Crippen LogP contribution is 2.32. The van der Waals surface area contributed by atoms with Crippen LogP contribution in [0.5, 0.6) is 11.5 Å². The molecule has 0 fully saturated rings. The minimum Gasteiger partial charge on any atom is -0.454 e. The van der Waals surface area contributed by atoms with Crippen molar-refractivity contribution in [1.29, 1.82) is 0 Å². The number of nitrogens with one attached hydrogen (secondary N) is 1. The topological polar surface area (TPSA) is 85.4 Å². The number of hydrogen-bond donors (Lipinski definition) is 1. The summed E-state index contributed by atoms with van der Waals surface area (Å²) in [5.74, 6) is 0.632. The summed E-state index contributed by atoms with van der Waals surface area (Å²) in [4.78, 5) is 4.08. The quantitative estimate of drug-likeness (QED) is 0.501. The number of benzene rings is 2. The second kappa shape index (κ2) is 8.89. The highest BCUT2D eigenvalue weighted by molar-refractivity contribution is 7.92. The van der Waals surface area contributed by atoms with Gasteiger partial charge in [-0.2, -0.15) is 0 Å². The summed E-state index contributed by atoms with van der Waals surface area (Å²) < 4.78 is 45.6. The van der Waals surface area contributed by atoms with E-state index in [0.717, 1.165) is 0 Å². The summed E-state index contributed by atoms with van der Waals surface area (Å²) in [5.41, 5.74) is 0.192. The SMILES string of the molecule is CS(=O)c1cc(NS(=O)(=O)c2ccc(Cl)cc2Cl)ccc1Oc1cncc(Cl)c1. The second-order valence-corrected chi connectivity index (χ2v) is 10.0. The van der Waals surface area contributed by atoms with Crippen LogP contribution in [0.3, 0.4) is 0 Å². The van der Waals surface area contributed by atoms with E-state index in [1.54, 1.807) is 6.07 Å². The Balaban J connectivity index is 1.93. The number of aromatic nitrogens is 1. The Kier molecular flexibility index (Phi) is 6.70. The molecule has 6 nitrogen and oxygen atoms in total. The first-order chi connectivity index (χ1) is 13.7. The zero-order valence-electron chi connectivity index (χ0n) is 14.7. The molecular formula is C18H13Cl3N2O4S2. The van der Waals surface area contributed by atoms with Gasteiger partial charge in [-0.3, -0.25) is 13.9 Å². The van der Waals surface area contributed by atoms with Gasteiger partial charge in [0.2, 0.25) is 0 Å². The molecule has 152 valence electrons. The van der Waals surface area contributed by atoms with E-state index in [1.165, 1.54) is 55.0 Å². The number of rotatable bonds is 6. The molecule has 0 aliphatic heterocycles. The normalized spacial score (nSPS) is 12.4. The largest absolute Gasteiger partial charge is 0.454 e. The maximum Gasteiger partial charge on any atom is 0.263 e. The number of sulfonamides is 1. The molecule has 3 aromatic rings. The summed E-state index contributed by atoms with van der Waals surface area (Å²) in [7, 11) is -5.46. The second-order valence-electron chi connectivity index (χ2n) is 5.74. The molecule has 0 amide bonds. The Morgan fingerprint density at radius 1 is 1.00 bits per heavy atom. The molecule has 0 bridgehead atoms. The predicted octanol–water partition coefficient (Wildman–Crippen LogP) is 5.37. The van der Waals surface area contributed by atoms with Crippen LogP contribution in [0.2, 0.25) is 15.1 Å². The fraction of sp³-hybridized carbons (Fsp3) is 0.0556. The molecule has 0 aliphatic rings. The van der Waals surface area contributed by atoms with E-state index in [4.69, 9.17) is 39.5 Å². The van der Waals surface area contributed by atoms with Gasteiger partial charge in [0.25, 0.3) is 10.0 Å². The van der Waals surface area contributed by atoms with Crippen LogP contribution < -0.4 is 9.46 Å². The highest BCUT2D eigenvalue weighted by atomic mass is 35.5. The van der Waals surface area contributed by atoms with Crippen molar-refractivity contribution in [2.24, 2.45) is 0 Å². The van der Waals surface area contributed by atoms with Crippen LogP contribution in [0.15, 0.2) is 64.6 Å². The zero-order chi connectivity index (χ0) is 21.2. The maximum absolute atomic E-state index is 12.7. The van der Waals surface area contributed by atoms with E-state index < -0.39 is 20.8 Å². The Labute approximate surface area is 185 Å². The lowest BCUT2D eigenvalue weighted by molar-refractivity contribution is 0.468. The summed E-state index contributed by atoms with van der Waals surface area (Å²) >= 11 is 17.7. The molecule has 11 heteroatoms. The van der Waals surface area contributed by atoms with Crippen molar-refractivity contribution in [3.05, 3.63) is 69.9 Å². The Hall–Kier alpha value is -1.84. The maximum atomic E-state index is 12.7. The van der Waals surface area contributed by atoms with Crippen LogP contribution in [-0.2, 0) is 20.8 Å². The van der Waals surface area contributed by atoms with Gasteiger partial charge in [0.1, 0.15) is 16.4 Å². The van der Waals surface area contributed by atoms with Gasteiger partial charge in [-0.1, -0.05) is 34.8 Å². The summed E-state index contributed by atoms with van der Waals surface area (Å²) in [6.45, 7) is 0. The molecule has 1 unspecified atom stereocenters. The third-order valence-corrected chi connectivity index (χ3v) is 6.84. The Morgan fingerprint density at radius 3 is 2.41 bits per heavy atom. The van der Waals surface area contributed by atoms with E-state index in [9.17, 15) is 12.6 Å². The van der Waals surface area contributed by atoms with Crippen molar-refractivity contribution >= 4 is 61.3 Å². The molecule has 0 saturated heterocycles. The first kappa shape index (κ1) is 21.9. The number of nitrogens with zero attached hydrogens (tertiary/aromatic N) is 1. The van der Waals surface area contributed by atoms with Gasteiger partial charge in [0.05, 0.1) is 37.6 Å². The van der Waals surface area contributed by atoms with Crippen LogP contribution in [0.1, 0.15) is 0 Å². The van der Waals surface area contributed by atoms with Crippen molar-refractivity contribution in [2.75, 3.05) is 11.0 Å². The van der Waals surface area contributed by atoms with E-state index in [2.05, 4.69) is 9.71 Å². The minimum absolute atomic E-state index is 0.0160. The Morgan fingerprint density at radius 2 is 1.76 bits per heavy atom. The first-order valence-electron chi connectivity index (χ1n) is 7.89. The lowest BCUT2D eigenvalue weighted by Gasteiger charge is -2.13. The highest BCUT2D eigenvalue weighted by Gasteiger charge is 2.20. The van der Waals surface area contributed by atoms with E-state index in [0.29, 0.717) is 15.8 Å². The standard InChI is InChI=1S/C18H13Cl3N2O4S2/c1-28(24)17-8-13(3-4-16(17)27-14-6-12(20)9-22-10-14)23-29(25,26)18-5-2-11(19)7-15(18)21/h2-10,23H,1H3. The third-order valence-electron chi connectivity index (χ3n) is 3.60. The van der Waals surface area contributed by atoms with Gasteiger partial charge in [0, 0.05) is 23.5 Å². The molecule has 29 heavy (non-hydrogen) atoms. The van der Waals surface area contributed by atoms with E-state index in [-0.39, 0.29) is 26.3 Å². The number of pyridine rings is 1. The fourth-order valence-corrected chi connectivity index (χ4v) is 5.03.